The van der Waals surface area contributed by atoms with Crippen LogP contribution < -0.4 is 25.0 Å². The summed E-state index contributed by atoms with van der Waals surface area (Å²) in [7, 11) is 2.87. The zero-order valence-corrected chi connectivity index (χ0v) is 20.9. The normalized spacial score (nSPS) is 10.9. The molecule has 0 aliphatic carbocycles. The number of carbonyl (C=O) groups excluding carboxylic acids is 3. The third-order valence-electron chi connectivity index (χ3n) is 4.82. The standard InChI is InChI=1S/C25H21Cl2N3O6/c1-14(29-30-24(32)23(31)28-19-13-16(26)9-10-18(19)27)15-8-11-21(22(12-15)35-3)36-25(33)17-6-4-5-7-20(17)34-2/h4-13H,1-3H3,(H,28,31)(H,30,32)/b29-14+. The molecule has 0 saturated heterocycles. The highest BCUT2D eigenvalue weighted by atomic mass is 35.5. The molecule has 3 rings (SSSR count). The summed E-state index contributed by atoms with van der Waals surface area (Å²) >= 11 is 11.9. The van der Waals surface area contributed by atoms with Crippen LogP contribution in [0.3, 0.4) is 0 Å². The van der Waals surface area contributed by atoms with Crippen LogP contribution in [0, 0.1) is 0 Å². The second-order valence-corrected chi connectivity index (χ2v) is 8.02. The van der Waals surface area contributed by atoms with E-state index in [4.69, 9.17) is 37.4 Å². The van der Waals surface area contributed by atoms with E-state index in [1.54, 1.807) is 49.4 Å². The molecule has 0 saturated carbocycles. The van der Waals surface area contributed by atoms with Gasteiger partial charge in [-0.2, -0.15) is 5.10 Å². The first-order valence-electron chi connectivity index (χ1n) is 10.4. The summed E-state index contributed by atoms with van der Waals surface area (Å²) in [6, 6.07) is 15.8. The Hall–Kier alpha value is -4.08. The number of ether oxygens (including phenoxy) is 3. The molecule has 0 radical (unpaired) electrons. The van der Waals surface area contributed by atoms with Crippen molar-refractivity contribution in [3.8, 4) is 17.2 Å². The molecule has 0 fully saturated rings. The lowest BCUT2D eigenvalue weighted by molar-refractivity contribution is -0.136. The molecule has 0 heterocycles. The van der Waals surface area contributed by atoms with Gasteiger partial charge in [0, 0.05) is 10.6 Å². The van der Waals surface area contributed by atoms with Gasteiger partial charge in [0.25, 0.3) is 0 Å². The summed E-state index contributed by atoms with van der Waals surface area (Å²) in [6.45, 7) is 1.61. The molecule has 36 heavy (non-hydrogen) atoms. The van der Waals surface area contributed by atoms with Crippen molar-refractivity contribution in [1.29, 1.82) is 0 Å². The number of nitrogens with one attached hydrogen (secondary N) is 2. The molecule has 2 amide bonds. The van der Waals surface area contributed by atoms with E-state index < -0.39 is 17.8 Å². The lowest BCUT2D eigenvalue weighted by Crippen LogP contribution is -2.33. The summed E-state index contributed by atoms with van der Waals surface area (Å²) in [4.78, 5) is 36.9. The van der Waals surface area contributed by atoms with Gasteiger partial charge in [-0.3, -0.25) is 9.59 Å². The molecule has 186 valence electrons. The van der Waals surface area contributed by atoms with E-state index in [2.05, 4.69) is 15.8 Å². The smallest absolute Gasteiger partial charge is 0.347 e. The predicted octanol–water partition coefficient (Wildman–Crippen LogP) is 4.71. The monoisotopic (exact) mass is 529 g/mol. The predicted molar refractivity (Wildman–Crippen MR) is 136 cm³/mol. The van der Waals surface area contributed by atoms with Crippen molar-refractivity contribution in [2.24, 2.45) is 5.10 Å². The third kappa shape index (κ3) is 6.53. The first-order valence-corrected chi connectivity index (χ1v) is 11.1. The van der Waals surface area contributed by atoms with Crippen LogP contribution >= 0.6 is 23.2 Å². The SMILES string of the molecule is COc1cc(/C(C)=N/NC(=O)C(=O)Nc2cc(Cl)ccc2Cl)ccc1OC(=O)c1ccccc1OC. The van der Waals surface area contributed by atoms with Crippen molar-refractivity contribution in [2.75, 3.05) is 19.5 Å². The maximum atomic E-state index is 12.6. The fourth-order valence-corrected chi connectivity index (χ4v) is 3.30. The summed E-state index contributed by atoms with van der Waals surface area (Å²) in [6.07, 6.45) is 0. The Labute approximate surface area is 216 Å². The van der Waals surface area contributed by atoms with Crippen LogP contribution in [0.4, 0.5) is 5.69 Å². The first-order chi connectivity index (χ1) is 17.2. The van der Waals surface area contributed by atoms with E-state index >= 15 is 0 Å². The summed E-state index contributed by atoms with van der Waals surface area (Å²) in [5, 5.41) is 6.88. The lowest BCUT2D eigenvalue weighted by Gasteiger charge is -2.12. The molecule has 0 aliphatic heterocycles. The van der Waals surface area contributed by atoms with Gasteiger partial charge in [0.05, 0.1) is 30.6 Å². The number of para-hydroxylation sites is 1. The van der Waals surface area contributed by atoms with E-state index in [9.17, 15) is 14.4 Å². The molecule has 0 atom stereocenters. The van der Waals surface area contributed by atoms with E-state index in [0.29, 0.717) is 22.0 Å². The third-order valence-corrected chi connectivity index (χ3v) is 5.38. The van der Waals surface area contributed by atoms with Crippen LogP contribution in [0.5, 0.6) is 17.2 Å². The minimum atomic E-state index is -1.01. The van der Waals surface area contributed by atoms with Gasteiger partial charge in [-0.05, 0) is 55.5 Å². The molecule has 0 bridgehead atoms. The number of esters is 1. The molecule has 3 aromatic rings. The zero-order valence-electron chi connectivity index (χ0n) is 19.4. The molecule has 0 aliphatic rings. The number of halogens is 2. The minimum absolute atomic E-state index is 0.173. The number of rotatable bonds is 7. The Morgan fingerprint density at radius 1 is 0.833 bits per heavy atom. The molecular weight excluding hydrogens is 509 g/mol. The average Bonchev–Trinajstić information content (AvgIpc) is 2.89. The summed E-state index contributed by atoms with van der Waals surface area (Å²) < 4.78 is 16.0. The number of hydrogen-bond donors (Lipinski definition) is 2. The molecular formula is C25H21Cl2N3O6. The highest BCUT2D eigenvalue weighted by Gasteiger charge is 2.18. The van der Waals surface area contributed by atoms with Crippen molar-refractivity contribution in [1.82, 2.24) is 5.43 Å². The average molecular weight is 530 g/mol. The van der Waals surface area contributed by atoms with Gasteiger partial charge < -0.3 is 19.5 Å². The summed E-state index contributed by atoms with van der Waals surface area (Å²) in [5.41, 5.74) is 3.52. The van der Waals surface area contributed by atoms with E-state index in [-0.39, 0.29) is 27.8 Å². The number of amides is 2. The van der Waals surface area contributed by atoms with Crippen molar-refractivity contribution < 1.29 is 28.6 Å². The fraction of sp³-hybridized carbons (Fsp3) is 0.120. The quantitative estimate of drug-likeness (QED) is 0.150. The number of benzene rings is 3. The largest absolute Gasteiger partial charge is 0.496 e. The van der Waals surface area contributed by atoms with Crippen molar-refractivity contribution >= 4 is 52.4 Å². The highest BCUT2D eigenvalue weighted by molar-refractivity contribution is 6.42. The summed E-state index contributed by atoms with van der Waals surface area (Å²) in [5.74, 6) is -1.82. The van der Waals surface area contributed by atoms with Crippen LogP contribution in [0.2, 0.25) is 10.0 Å². The van der Waals surface area contributed by atoms with Crippen LogP contribution in [-0.2, 0) is 9.59 Å². The second-order valence-electron chi connectivity index (χ2n) is 7.17. The van der Waals surface area contributed by atoms with Gasteiger partial charge >= 0.3 is 17.8 Å². The van der Waals surface area contributed by atoms with Crippen LogP contribution in [0.1, 0.15) is 22.8 Å². The number of carbonyl (C=O) groups is 3. The van der Waals surface area contributed by atoms with Crippen LogP contribution in [-0.4, -0.2) is 37.7 Å². The molecule has 3 aromatic carbocycles. The Kier molecular flexibility index (Phi) is 8.88. The van der Waals surface area contributed by atoms with Gasteiger partial charge in [0.1, 0.15) is 11.3 Å². The van der Waals surface area contributed by atoms with E-state index in [0.717, 1.165) is 0 Å². The van der Waals surface area contributed by atoms with Crippen LogP contribution in [0.15, 0.2) is 65.8 Å². The fourth-order valence-electron chi connectivity index (χ4n) is 2.97. The van der Waals surface area contributed by atoms with Gasteiger partial charge in [-0.25, -0.2) is 10.2 Å². The first kappa shape index (κ1) is 26.5. The molecule has 9 nitrogen and oxygen atoms in total. The molecule has 2 N–H and O–H groups in total. The van der Waals surface area contributed by atoms with Gasteiger partial charge in [0.15, 0.2) is 11.5 Å². The van der Waals surface area contributed by atoms with Crippen molar-refractivity contribution in [2.45, 2.75) is 6.92 Å². The van der Waals surface area contributed by atoms with Gasteiger partial charge in [-0.15, -0.1) is 0 Å². The maximum Gasteiger partial charge on any atom is 0.347 e. The van der Waals surface area contributed by atoms with Gasteiger partial charge in [-0.1, -0.05) is 35.3 Å². The lowest BCUT2D eigenvalue weighted by atomic mass is 10.1. The zero-order chi connectivity index (χ0) is 26.2. The number of hydrazone groups is 1. The maximum absolute atomic E-state index is 12.6. The Morgan fingerprint density at radius 2 is 1.56 bits per heavy atom. The van der Waals surface area contributed by atoms with Crippen LogP contribution in [0.25, 0.3) is 0 Å². The van der Waals surface area contributed by atoms with Crippen molar-refractivity contribution in [3.05, 3.63) is 81.8 Å². The molecule has 0 aromatic heterocycles. The Balaban J connectivity index is 1.69. The molecule has 0 spiro atoms. The number of nitrogens with zero attached hydrogens (tertiary/aromatic N) is 1. The number of hydrogen-bond acceptors (Lipinski definition) is 7. The molecule has 11 heteroatoms. The molecule has 0 unspecified atom stereocenters. The Morgan fingerprint density at radius 3 is 2.28 bits per heavy atom. The van der Waals surface area contributed by atoms with Crippen molar-refractivity contribution in [3.63, 3.8) is 0 Å². The highest BCUT2D eigenvalue weighted by Crippen LogP contribution is 2.30. The van der Waals surface area contributed by atoms with Gasteiger partial charge in [0.2, 0.25) is 0 Å². The second kappa shape index (κ2) is 12.1. The number of anilines is 1. The van der Waals surface area contributed by atoms with E-state index in [1.165, 1.54) is 32.4 Å². The van der Waals surface area contributed by atoms with E-state index in [1.807, 2.05) is 0 Å². The number of methoxy groups -OCH3 is 2. The topological polar surface area (TPSA) is 115 Å². The Bertz CT molecular complexity index is 1340. The minimum Gasteiger partial charge on any atom is -0.496 e.